The van der Waals surface area contributed by atoms with Crippen LogP contribution in [0.3, 0.4) is 0 Å². The van der Waals surface area contributed by atoms with Crippen LogP contribution < -0.4 is 0 Å². The van der Waals surface area contributed by atoms with Crippen molar-refractivity contribution >= 4 is 16.1 Å². The molecule has 1 rings (SSSR count). The number of likely N-dealkylation sites (N-methyl/N-ethyl adjacent to an activating group) is 1. The van der Waals surface area contributed by atoms with Crippen molar-refractivity contribution in [2.45, 2.75) is 0 Å². The van der Waals surface area contributed by atoms with Gasteiger partial charge in [0, 0.05) is 0 Å². The molecule has 1 fully saturated rings. The molecule has 0 unspecified atom stereocenters. The minimum Gasteiger partial charge on any atom is -0.412 e. The van der Waals surface area contributed by atoms with Crippen LogP contribution in [0.15, 0.2) is 0 Å². The quantitative estimate of drug-likeness (QED) is 0.441. The summed E-state index contributed by atoms with van der Waals surface area (Å²) in [4.78, 5) is 2.21. The molecule has 0 saturated carbocycles. The fourth-order valence-electron chi connectivity index (χ4n) is 0.640. The third-order valence-corrected chi connectivity index (χ3v) is 2.62. The first-order valence-electron chi connectivity index (χ1n) is 3.07. The molecule has 4 N–H and O–H groups in total. The van der Waals surface area contributed by atoms with E-state index in [1.807, 2.05) is 0 Å². The van der Waals surface area contributed by atoms with Gasteiger partial charge in [0.05, 0.1) is 0 Å². The first-order valence-corrected chi connectivity index (χ1v) is 4.78. The van der Waals surface area contributed by atoms with Crippen LogP contribution in [0, 0.1) is 0 Å². The molecule has 0 aromatic heterocycles. The normalized spacial score (nSPS) is 20.5. The van der Waals surface area contributed by atoms with Gasteiger partial charge in [0.25, 0.3) is 0 Å². The van der Waals surface area contributed by atoms with E-state index in [1.54, 1.807) is 0 Å². The SMILES string of the molecule is CN1CC[O][Ge][O]CC1.O.O. The van der Waals surface area contributed by atoms with Crippen molar-refractivity contribution in [3.63, 3.8) is 0 Å². The maximum absolute atomic E-state index is 5.21. The van der Waals surface area contributed by atoms with Crippen LogP contribution in [-0.2, 0) is 7.53 Å². The number of rotatable bonds is 0. The zero-order chi connectivity index (χ0) is 6.53. The molecule has 0 amide bonds. The predicted octanol–water partition coefficient (Wildman–Crippen LogP) is -2.15. The molecule has 0 aromatic carbocycles. The second-order valence-electron chi connectivity index (χ2n) is 2.08. The summed E-state index contributed by atoms with van der Waals surface area (Å²) in [6.45, 7) is 3.78. The standard InChI is InChI=1S/C5H11GeNO2.2H2O/c1-7-2-4-8-6-9-5-3-7;;/h2-5H2,1H3;2*1H2. The van der Waals surface area contributed by atoms with E-state index in [1.165, 1.54) is 0 Å². The van der Waals surface area contributed by atoms with Gasteiger partial charge in [-0.1, -0.05) is 0 Å². The topological polar surface area (TPSA) is 84.7 Å². The first kappa shape index (κ1) is 13.9. The summed E-state index contributed by atoms with van der Waals surface area (Å²) in [6.07, 6.45) is 0. The molecule has 2 radical (unpaired) electrons. The molecule has 0 atom stereocenters. The van der Waals surface area contributed by atoms with E-state index in [4.69, 9.17) is 7.53 Å². The molecule has 1 saturated heterocycles. The van der Waals surface area contributed by atoms with Crippen LogP contribution in [0.1, 0.15) is 0 Å². The summed E-state index contributed by atoms with van der Waals surface area (Å²) >= 11 is -0.491. The molecule has 6 heteroatoms. The zero-order valence-electron chi connectivity index (χ0n) is 6.59. The Morgan fingerprint density at radius 3 is 2.00 bits per heavy atom. The summed E-state index contributed by atoms with van der Waals surface area (Å²) in [5, 5.41) is 0. The molecule has 1 aliphatic rings. The van der Waals surface area contributed by atoms with Gasteiger partial charge >= 0.3 is 61.9 Å². The summed E-state index contributed by atoms with van der Waals surface area (Å²) in [6, 6.07) is 0. The monoisotopic (exact) mass is 227 g/mol. The van der Waals surface area contributed by atoms with Crippen molar-refractivity contribution in [2.75, 3.05) is 33.4 Å². The first-order chi connectivity index (χ1) is 4.39. The Bertz CT molecular complexity index is 76.9. The molecule has 0 aliphatic carbocycles. The summed E-state index contributed by atoms with van der Waals surface area (Å²) < 4.78 is 10.4. The van der Waals surface area contributed by atoms with Crippen molar-refractivity contribution in [3.05, 3.63) is 0 Å². The predicted molar refractivity (Wildman–Crippen MR) is 42.4 cm³/mol. The maximum Gasteiger partial charge on any atom is -0.412 e. The van der Waals surface area contributed by atoms with Crippen molar-refractivity contribution < 1.29 is 18.5 Å². The van der Waals surface area contributed by atoms with E-state index < -0.39 is 16.1 Å². The third-order valence-electron chi connectivity index (χ3n) is 1.27. The zero-order valence-corrected chi connectivity index (χ0v) is 8.69. The van der Waals surface area contributed by atoms with Crippen molar-refractivity contribution in [2.24, 2.45) is 0 Å². The Morgan fingerprint density at radius 2 is 1.55 bits per heavy atom. The third kappa shape index (κ3) is 6.73. The molecule has 1 aliphatic heterocycles. The Labute approximate surface area is 73.4 Å². The smallest absolute Gasteiger partial charge is 0.412 e. The fraction of sp³-hybridized carbons (Fsp3) is 1.00. The molecule has 5 nitrogen and oxygen atoms in total. The van der Waals surface area contributed by atoms with Crippen LogP contribution in [-0.4, -0.2) is 65.3 Å². The van der Waals surface area contributed by atoms with Crippen molar-refractivity contribution in [1.29, 1.82) is 0 Å². The molecule has 68 valence electrons. The molecule has 1 heterocycles. The van der Waals surface area contributed by atoms with Crippen molar-refractivity contribution in [1.82, 2.24) is 4.90 Å². The van der Waals surface area contributed by atoms with Crippen LogP contribution in [0.4, 0.5) is 0 Å². The van der Waals surface area contributed by atoms with E-state index in [-0.39, 0.29) is 11.0 Å². The largest absolute Gasteiger partial charge is 0.412 e. The van der Waals surface area contributed by atoms with Gasteiger partial charge in [0.2, 0.25) is 0 Å². The molecular weight excluding hydrogens is 211 g/mol. The number of hydrogen-bond acceptors (Lipinski definition) is 3. The number of nitrogens with zero attached hydrogens (tertiary/aromatic N) is 1. The van der Waals surface area contributed by atoms with Crippen LogP contribution in [0.5, 0.6) is 0 Å². The fourth-order valence-corrected chi connectivity index (χ4v) is 1.55. The molecular formula is C5H15GeNO4. The van der Waals surface area contributed by atoms with Gasteiger partial charge in [0.1, 0.15) is 0 Å². The average Bonchev–Trinajstić information content (AvgIpc) is 1.79. The second kappa shape index (κ2) is 8.44. The average molecular weight is 226 g/mol. The van der Waals surface area contributed by atoms with Gasteiger partial charge in [-0.15, -0.1) is 0 Å². The molecule has 0 spiro atoms. The Kier molecular flexibility index (Phi) is 10.7. The van der Waals surface area contributed by atoms with Gasteiger partial charge in [0.15, 0.2) is 0 Å². The van der Waals surface area contributed by atoms with Crippen LogP contribution in [0.25, 0.3) is 0 Å². The van der Waals surface area contributed by atoms with Crippen LogP contribution in [0.2, 0.25) is 0 Å². The maximum atomic E-state index is 5.21. The Balaban J connectivity index is 0. The number of hydrogen-bond donors (Lipinski definition) is 0. The van der Waals surface area contributed by atoms with Gasteiger partial charge in [-0.3, -0.25) is 0 Å². The Morgan fingerprint density at radius 1 is 1.09 bits per heavy atom. The van der Waals surface area contributed by atoms with Crippen molar-refractivity contribution in [3.8, 4) is 0 Å². The molecule has 11 heavy (non-hydrogen) atoms. The molecule has 0 bridgehead atoms. The Hall–Kier alpha value is 0.343. The van der Waals surface area contributed by atoms with Gasteiger partial charge in [-0.05, 0) is 0 Å². The summed E-state index contributed by atoms with van der Waals surface area (Å²) in [5.41, 5.74) is 0. The summed E-state index contributed by atoms with van der Waals surface area (Å²) in [7, 11) is 2.08. The van der Waals surface area contributed by atoms with E-state index in [0.717, 1.165) is 26.3 Å². The van der Waals surface area contributed by atoms with E-state index in [2.05, 4.69) is 11.9 Å². The second-order valence-corrected chi connectivity index (χ2v) is 3.64. The van der Waals surface area contributed by atoms with E-state index in [9.17, 15) is 0 Å². The minimum atomic E-state index is -0.491. The van der Waals surface area contributed by atoms with Gasteiger partial charge in [-0.2, -0.15) is 0 Å². The summed E-state index contributed by atoms with van der Waals surface area (Å²) in [5.74, 6) is 0. The van der Waals surface area contributed by atoms with E-state index in [0.29, 0.717) is 0 Å². The minimum absolute atomic E-state index is 0. The van der Waals surface area contributed by atoms with Crippen LogP contribution >= 0.6 is 0 Å². The van der Waals surface area contributed by atoms with Gasteiger partial charge in [-0.25, -0.2) is 0 Å². The molecule has 0 aromatic rings. The van der Waals surface area contributed by atoms with Gasteiger partial charge < -0.3 is 11.0 Å². The van der Waals surface area contributed by atoms with E-state index >= 15 is 0 Å².